The molecule has 3 heterocycles. The summed E-state index contributed by atoms with van der Waals surface area (Å²) in [7, 11) is -1.80. The van der Waals surface area contributed by atoms with Gasteiger partial charge in [0.2, 0.25) is 17.6 Å². The minimum absolute atomic E-state index is 0.0954. The van der Waals surface area contributed by atoms with E-state index < -0.39 is 7.32 Å². The SMILES string of the molecule is c1ccc(Oc2cc(Oc3ccccc3)n(OB(On3nc(Oc4ccccc4)cc3Oc3ccccc3)On3nc(Oc4ccccc4)cc3Oc3ccccc3)n2)cc1. The third kappa shape index (κ3) is 10.0. The van der Waals surface area contributed by atoms with Crippen molar-refractivity contribution in [3.05, 3.63) is 200 Å². The molecule has 6 aromatic carbocycles. The first-order chi connectivity index (χ1) is 30.1. The van der Waals surface area contributed by atoms with Gasteiger partial charge in [0.25, 0.3) is 17.6 Å². The van der Waals surface area contributed by atoms with Crippen molar-refractivity contribution >= 4 is 7.32 Å². The molecule has 0 unspecified atom stereocenters. The van der Waals surface area contributed by atoms with Crippen LogP contribution in [-0.4, -0.2) is 37.2 Å². The predicted molar refractivity (Wildman–Crippen MR) is 221 cm³/mol. The smallest absolute Gasteiger partial charge is 0.437 e. The van der Waals surface area contributed by atoms with E-state index in [9.17, 15) is 0 Å². The van der Waals surface area contributed by atoms with E-state index in [1.807, 2.05) is 109 Å². The third-order valence-electron chi connectivity index (χ3n) is 8.23. The van der Waals surface area contributed by atoms with Crippen molar-refractivity contribution in [2.24, 2.45) is 0 Å². The summed E-state index contributed by atoms with van der Waals surface area (Å²) in [6, 6.07) is 59.2. The molecule has 0 atom stereocenters. The van der Waals surface area contributed by atoms with Crippen LogP contribution in [0.1, 0.15) is 0 Å². The van der Waals surface area contributed by atoms with Gasteiger partial charge in [-0.2, -0.15) is 0 Å². The Morgan fingerprint density at radius 3 is 0.721 bits per heavy atom. The molecular weight excluding hydrogens is 779 g/mol. The fourth-order valence-corrected chi connectivity index (χ4v) is 5.53. The van der Waals surface area contributed by atoms with Crippen LogP contribution in [0.4, 0.5) is 0 Å². The molecule has 0 saturated carbocycles. The largest absolute Gasteiger partial charge is 0.929 e. The topological polar surface area (TPSA) is 137 Å². The van der Waals surface area contributed by atoms with E-state index in [1.165, 1.54) is 0 Å². The Labute approximate surface area is 349 Å². The van der Waals surface area contributed by atoms with Crippen LogP contribution in [0.25, 0.3) is 0 Å². The Balaban J connectivity index is 1.11. The van der Waals surface area contributed by atoms with Crippen LogP contribution in [0.5, 0.6) is 69.8 Å². The van der Waals surface area contributed by atoms with Crippen molar-refractivity contribution < 1.29 is 42.7 Å². The summed E-state index contributed by atoms with van der Waals surface area (Å²) in [5, 5.41) is 13.6. The molecule has 300 valence electrons. The highest BCUT2D eigenvalue weighted by atomic mass is 16.9. The number of aromatic nitrogens is 6. The molecule has 0 radical (unpaired) electrons. The van der Waals surface area contributed by atoms with E-state index in [0.717, 1.165) is 14.5 Å². The molecule has 61 heavy (non-hydrogen) atoms. The highest BCUT2D eigenvalue weighted by molar-refractivity contribution is 6.37. The Kier molecular flexibility index (Phi) is 11.3. The van der Waals surface area contributed by atoms with Crippen LogP contribution in [0.2, 0.25) is 0 Å². The van der Waals surface area contributed by atoms with Gasteiger partial charge in [-0.3, -0.25) is 0 Å². The molecule has 15 nitrogen and oxygen atoms in total. The molecule has 0 aliphatic heterocycles. The number of ether oxygens (including phenoxy) is 6. The predicted octanol–water partition coefficient (Wildman–Crippen LogP) is 9.70. The lowest BCUT2D eigenvalue weighted by Gasteiger charge is -2.17. The molecule has 9 aromatic rings. The molecule has 0 fully saturated rings. The lowest BCUT2D eigenvalue weighted by atomic mass is 10.3. The zero-order chi connectivity index (χ0) is 41.1. The zero-order valence-electron chi connectivity index (χ0n) is 32.0. The average Bonchev–Trinajstić information content (AvgIpc) is 3.98. The quantitative estimate of drug-likeness (QED) is 0.0763. The van der Waals surface area contributed by atoms with Crippen molar-refractivity contribution in [1.29, 1.82) is 0 Å². The summed E-state index contributed by atoms with van der Waals surface area (Å²) >= 11 is 0. The summed E-state index contributed by atoms with van der Waals surface area (Å²) in [5.41, 5.74) is 0. The van der Waals surface area contributed by atoms with Crippen molar-refractivity contribution in [3.63, 3.8) is 0 Å². The van der Waals surface area contributed by atoms with Gasteiger partial charge in [-0.25, -0.2) is 0 Å². The number of benzene rings is 6. The molecule has 3 aromatic heterocycles. The summed E-state index contributed by atoms with van der Waals surface area (Å²) in [4.78, 5) is 3.13. The minimum atomic E-state index is -1.80. The molecule has 0 spiro atoms. The van der Waals surface area contributed by atoms with E-state index in [-0.39, 0.29) is 35.3 Å². The Bertz CT molecular complexity index is 2440. The van der Waals surface area contributed by atoms with Crippen LogP contribution >= 0.6 is 0 Å². The minimum Gasteiger partial charge on any atom is -0.437 e. The van der Waals surface area contributed by atoms with E-state index in [0.29, 0.717) is 34.5 Å². The number of hydrogen-bond donors (Lipinski definition) is 0. The third-order valence-corrected chi connectivity index (χ3v) is 8.23. The number of hydrogen-bond acceptors (Lipinski definition) is 12. The molecule has 0 saturated heterocycles. The van der Waals surface area contributed by atoms with Crippen LogP contribution in [0.3, 0.4) is 0 Å². The fraction of sp³-hybridized carbons (Fsp3) is 0. The number of rotatable bonds is 18. The first kappa shape index (κ1) is 37.8. The van der Waals surface area contributed by atoms with Gasteiger partial charge in [0.15, 0.2) is 0 Å². The summed E-state index contributed by atoms with van der Waals surface area (Å²) in [6.07, 6.45) is 0. The molecule has 0 aliphatic rings. The van der Waals surface area contributed by atoms with Gasteiger partial charge in [-0.05, 0) is 72.8 Å². The first-order valence-corrected chi connectivity index (χ1v) is 18.8. The second kappa shape index (κ2) is 18.2. The molecule has 16 heteroatoms. The molecule has 0 bridgehead atoms. The molecule has 9 rings (SSSR count). The summed E-state index contributed by atoms with van der Waals surface area (Å²) < 4.78 is 55.9. The van der Waals surface area contributed by atoms with E-state index >= 15 is 0 Å². The van der Waals surface area contributed by atoms with Crippen LogP contribution in [0.15, 0.2) is 200 Å². The van der Waals surface area contributed by atoms with E-state index in [1.54, 1.807) is 91.0 Å². The maximum absolute atomic E-state index is 6.35. The molecule has 0 aliphatic carbocycles. The second-order valence-electron chi connectivity index (χ2n) is 12.7. The highest BCUT2D eigenvalue weighted by Gasteiger charge is 2.39. The van der Waals surface area contributed by atoms with Gasteiger partial charge < -0.3 is 42.7 Å². The second-order valence-corrected chi connectivity index (χ2v) is 12.7. The van der Waals surface area contributed by atoms with Gasteiger partial charge in [0, 0.05) is 0 Å². The van der Waals surface area contributed by atoms with Gasteiger partial charge in [-0.1, -0.05) is 139 Å². The first-order valence-electron chi connectivity index (χ1n) is 18.8. The van der Waals surface area contributed by atoms with Crippen LogP contribution in [0, 0.1) is 0 Å². The van der Waals surface area contributed by atoms with Crippen molar-refractivity contribution in [2.75, 3.05) is 0 Å². The highest BCUT2D eigenvalue weighted by Crippen LogP contribution is 2.31. The molecule has 0 amide bonds. The molecular formula is C45H33BN6O9. The molecule has 0 N–H and O–H groups in total. The van der Waals surface area contributed by atoms with Gasteiger partial charge in [0.1, 0.15) is 34.5 Å². The van der Waals surface area contributed by atoms with Crippen molar-refractivity contribution in [1.82, 2.24) is 29.8 Å². The Morgan fingerprint density at radius 2 is 0.492 bits per heavy atom. The van der Waals surface area contributed by atoms with Gasteiger partial charge in [-0.15, -0.1) is 0 Å². The van der Waals surface area contributed by atoms with Gasteiger partial charge in [0.05, 0.1) is 18.2 Å². The zero-order valence-corrected chi connectivity index (χ0v) is 32.0. The van der Waals surface area contributed by atoms with Gasteiger partial charge >= 0.3 is 7.32 Å². The van der Waals surface area contributed by atoms with Crippen molar-refractivity contribution in [3.8, 4) is 69.8 Å². The maximum atomic E-state index is 6.35. The standard InChI is InChI=1S/C45H33BN6O9/c1-7-19-34(20-8-1)53-40-31-43(56-37-25-13-4-14-26-37)50(47-40)59-46(60-51-44(57-38-27-15-5-16-28-38)32-41(48-51)54-35-21-9-2-10-22-35)61-52-45(58-39-29-17-6-18-30-39)33-42(49-52)55-36-23-11-3-12-24-36/h1-33H. The number of para-hydroxylation sites is 6. The number of nitrogens with zero attached hydrogens (tertiary/aromatic N) is 6. The fourth-order valence-electron chi connectivity index (χ4n) is 5.53. The average molecular weight is 813 g/mol. The Morgan fingerprint density at radius 1 is 0.279 bits per heavy atom. The van der Waals surface area contributed by atoms with Crippen LogP contribution < -0.4 is 42.7 Å². The lowest BCUT2D eigenvalue weighted by molar-refractivity contribution is 0.0250. The van der Waals surface area contributed by atoms with Crippen LogP contribution in [-0.2, 0) is 0 Å². The normalized spacial score (nSPS) is 10.6. The summed E-state index contributed by atoms with van der Waals surface area (Å²) in [6.45, 7) is 0. The lowest BCUT2D eigenvalue weighted by Crippen LogP contribution is -2.49. The van der Waals surface area contributed by atoms with E-state index in [2.05, 4.69) is 15.3 Å². The Hall–Kier alpha value is -8.79. The monoisotopic (exact) mass is 812 g/mol. The van der Waals surface area contributed by atoms with E-state index in [4.69, 9.17) is 42.7 Å². The summed E-state index contributed by atoms with van der Waals surface area (Å²) in [5.74, 6) is 3.71. The maximum Gasteiger partial charge on any atom is 0.929 e. The van der Waals surface area contributed by atoms with Crippen molar-refractivity contribution in [2.45, 2.75) is 0 Å².